The Kier molecular flexibility index (Phi) is 4.41. The van der Waals surface area contributed by atoms with Crippen molar-refractivity contribution in [2.75, 3.05) is 6.61 Å². The minimum Gasteiger partial charge on any atom is -0.483 e. The number of benzene rings is 2. The molecule has 0 aliphatic heterocycles. The van der Waals surface area contributed by atoms with Crippen LogP contribution in [0.15, 0.2) is 53.6 Å². The summed E-state index contributed by atoms with van der Waals surface area (Å²) in [6.07, 6.45) is 1.70. The molecular weight excluding hydrogens is 354 g/mol. The Morgan fingerprint density at radius 2 is 1.92 bits per heavy atom. The molecule has 2 aromatic carbocycles. The Morgan fingerprint density at radius 1 is 1.12 bits per heavy atom. The Labute approximate surface area is 141 Å². The van der Waals surface area contributed by atoms with E-state index in [2.05, 4.69) is 4.98 Å². The van der Waals surface area contributed by atoms with E-state index in [1.54, 1.807) is 29.1 Å². The van der Waals surface area contributed by atoms with E-state index in [4.69, 9.17) is 4.74 Å². The van der Waals surface area contributed by atoms with Crippen molar-refractivity contribution in [3.05, 3.63) is 60.3 Å². The van der Waals surface area contributed by atoms with E-state index in [-0.39, 0.29) is 0 Å². The predicted molar refractivity (Wildman–Crippen MR) is 85.5 cm³/mol. The van der Waals surface area contributed by atoms with Crippen LogP contribution in [-0.2, 0) is 14.8 Å². The first-order chi connectivity index (χ1) is 11.9. The molecule has 1 heterocycles. The molecule has 0 spiro atoms. The summed E-state index contributed by atoms with van der Waals surface area (Å²) in [4.78, 5) is 14.3. The minimum atomic E-state index is -4.33. The highest BCUT2D eigenvalue weighted by atomic mass is 32.2. The van der Waals surface area contributed by atoms with Gasteiger partial charge in [-0.15, -0.1) is 0 Å². The predicted octanol–water partition coefficient (Wildman–Crippen LogP) is 2.33. The number of nitrogens with one attached hydrogen (secondary N) is 2. The summed E-state index contributed by atoms with van der Waals surface area (Å²) >= 11 is 0. The molecule has 0 unspecified atom stereocenters. The molecule has 25 heavy (non-hydrogen) atoms. The maximum Gasteiger partial charge on any atom is 0.271 e. The zero-order valence-corrected chi connectivity index (χ0v) is 13.4. The van der Waals surface area contributed by atoms with Crippen LogP contribution in [0.25, 0.3) is 10.9 Å². The number of hydrogen-bond acceptors (Lipinski definition) is 4. The van der Waals surface area contributed by atoms with Crippen LogP contribution in [0.5, 0.6) is 5.75 Å². The van der Waals surface area contributed by atoms with E-state index in [0.717, 1.165) is 17.0 Å². The standard InChI is InChI=1S/C16H12F2N2O4S/c17-12-5-4-10(8-13(12)18)25(22,23)20-16(21)9-24-15-3-1-2-14-11(15)6-7-19-14/h1-8,19H,9H2,(H,20,21). The van der Waals surface area contributed by atoms with Gasteiger partial charge in [0.25, 0.3) is 15.9 Å². The number of amides is 1. The van der Waals surface area contributed by atoms with E-state index in [1.165, 1.54) is 0 Å². The summed E-state index contributed by atoms with van der Waals surface area (Å²) in [5, 5.41) is 0.735. The first kappa shape index (κ1) is 16.9. The molecule has 0 fully saturated rings. The van der Waals surface area contributed by atoms with Crippen LogP contribution in [0.1, 0.15) is 0 Å². The van der Waals surface area contributed by atoms with Gasteiger partial charge in [0.2, 0.25) is 0 Å². The smallest absolute Gasteiger partial charge is 0.271 e. The first-order valence-corrected chi connectivity index (χ1v) is 8.55. The molecule has 3 rings (SSSR count). The van der Waals surface area contributed by atoms with Crippen molar-refractivity contribution in [1.82, 2.24) is 9.71 Å². The normalized spacial score (nSPS) is 11.4. The van der Waals surface area contributed by atoms with Crippen molar-refractivity contribution < 1.29 is 26.7 Å². The SMILES string of the molecule is O=C(COc1cccc2[nH]ccc12)NS(=O)(=O)c1ccc(F)c(F)c1. The molecule has 3 aromatic rings. The quantitative estimate of drug-likeness (QED) is 0.725. The summed E-state index contributed by atoms with van der Waals surface area (Å²) in [6, 6.07) is 8.92. The highest BCUT2D eigenvalue weighted by molar-refractivity contribution is 7.90. The number of halogens is 2. The zero-order valence-electron chi connectivity index (χ0n) is 12.6. The van der Waals surface area contributed by atoms with Crippen molar-refractivity contribution in [3.8, 4) is 5.75 Å². The highest BCUT2D eigenvalue weighted by Crippen LogP contribution is 2.24. The third-order valence-corrected chi connectivity index (χ3v) is 4.73. The van der Waals surface area contributed by atoms with Gasteiger partial charge < -0.3 is 9.72 Å². The largest absolute Gasteiger partial charge is 0.483 e. The molecule has 6 nitrogen and oxygen atoms in total. The second-order valence-corrected chi connectivity index (χ2v) is 6.77. The van der Waals surface area contributed by atoms with E-state index in [0.29, 0.717) is 17.9 Å². The maximum atomic E-state index is 13.2. The van der Waals surface area contributed by atoms with Crippen LogP contribution < -0.4 is 9.46 Å². The van der Waals surface area contributed by atoms with Crippen molar-refractivity contribution in [2.45, 2.75) is 4.90 Å². The molecule has 0 saturated carbocycles. The first-order valence-electron chi connectivity index (χ1n) is 7.06. The third kappa shape index (κ3) is 3.61. The van der Waals surface area contributed by atoms with Gasteiger partial charge in [0.15, 0.2) is 18.2 Å². The van der Waals surface area contributed by atoms with Gasteiger partial charge in [-0.1, -0.05) is 6.07 Å². The number of hydrogen-bond donors (Lipinski definition) is 2. The van der Waals surface area contributed by atoms with Crippen LogP contribution in [-0.4, -0.2) is 25.9 Å². The van der Waals surface area contributed by atoms with Crippen LogP contribution in [0.2, 0.25) is 0 Å². The van der Waals surface area contributed by atoms with Crippen LogP contribution >= 0.6 is 0 Å². The van der Waals surface area contributed by atoms with E-state index >= 15 is 0 Å². The fourth-order valence-corrected chi connectivity index (χ4v) is 3.19. The number of ether oxygens (including phenoxy) is 1. The number of carbonyl (C=O) groups is 1. The summed E-state index contributed by atoms with van der Waals surface area (Å²) in [6.45, 7) is -0.562. The van der Waals surface area contributed by atoms with Crippen LogP contribution in [0.4, 0.5) is 8.78 Å². The van der Waals surface area contributed by atoms with Crippen molar-refractivity contribution >= 4 is 26.8 Å². The average Bonchev–Trinajstić information content (AvgIpc) is 3.04. The van der Waals surface area contributed by atoms with Gasteiger partial charge in [-0.05, 0) is 36.4 Å². The van der Waals surface area contributed by atoms with Gasteiger partial charge in [0, 0.05) is 17.1 Å². The molecule has 1 aromatic heterocycles. The molecule has 1 amide bonds. The van der Waals surface area contributed by atoms with Crippen molar-refractivity contribution in [3.63, 3.8) is 0 Å². The molecule has 0 saturated heterocycles. The van der Waals surface area contributed by atoms with Gasteiger partial charge in [-0.25, -0.2) is 21.9 Å². The van der Waals surface area contributed by atoms with Gasteiger partial charge in [-0.3, -0.25) is 4.79 Å². The van der Waals surface area contributed by atoms with Gasteiger partial charge in [0.1, 0.15) is 5.75 Å². The molecular formula is C16H12F2N2O4S. The van der Waals surface area contributed by atoms with Gasteiger partial charge >= 0.3 is 0 Å². The number of rotatable bonds is 5. The molecule has 0 radical (unpaired) electrons. The fraction of sp³-hybridized carbons (Fsp3) is 0.0625. The number of aromatic nitrogens is 1. The summed E-state index contributed by atoms with van der Waals surface area (Å²) in [5.74, 6) is -3.06. The lowest BCUT2D eigenvalue weighted by Crippen LogP contribution is -2.34. The summed E-state index contributed by atoms with van der Waals surface area (Å²) in [7, 11) is -4.33. The molecule has 2 N–H and O–H groups in total. The molecule has 9 heteroatoms. The topological polar surface area (TPSA) is 88.3 Å². The van der Waals surface area contributed by atoms with E-state index in [9.17, 15) is 22.0 Å². The number of H-pyrrole nitrogens is 1. The van der Waals surface area contributed by atoms with Crippen LogP contribution in [0.3, 0.4) is 0 Å². The lowest BCUT2D eigenvalue weighted by molar-refractivity contribution is -0.121. The van der Waals surface area contributed by atoms with E-state index in [1.807, 2.05) is 6.07 Å². The Bertz CT molecular complexity index is 1050. The maximum absolute atomic E-state index is 13.2. The lowest BCUT2D eigenvalue weighted by atomic mass is 10.2. The Hall–Kier alpha value is -2.94. The number of carbonyl (C=O) groups excluding carboxylic acids is 1. The zero-order chi connectivity index (χ0) is 18.0. The molecule has 130 valence electrons. The fourth-order valence-electron chi connectivity index (χ4n) is 2.21. The van der Waals surface area contributed by atoms with Crippen LogP contribution in [0, 0.1) is 11.6 Å². The average molecular weight is 366 g/mol. The molecule has 0 bridgehead atoms. The summed E-state index contributed by atoms with van der Waals surface area (Å²) in [5.41, 5.74) is 0.798. The number of sulfonamides is 1. The second kappa shape index (κ2) is 6.52. The van der Waals surface area contributed by atoms with E-state index < -0.39 is 39.1 Å². The summed E-state index contributed by atoms with van der Waals surface area (Å²) < 4.78 is 57.1. The van der Waals surface area contributed by atoms with Crippen molar-refractivity contribution in [2.24, 2.45) is 0 Å². The molecule has 0 atom stereocenters. The minimum absolute atomic E-state index is 0.402. The second-order valence-electron chi connectivity index (χ2n) is 5.09. The monoisotopic (exact) mass is 366 g/mol. The van der Waals surface area contributed by atoms with Crippen molar-refractivity contribution in [1.29, 1.82) is 0 Å². The third-order valence-electron chi connectivity index (χ3n) is 3.36. The van der Waals surface area contributed by atoms with Gasteiger partial charge in [0.05, 0.1) is 4.90 Å². The Balaban J connectivity index is 1.69. The molecule has 0 aliphatic rings. The van der Waals surface area contributed by atoms with Gasteiger partial charge in [-0.2, -0.15) is 0 Å². The number of fused-ring (bicyclic) bond motifs is 1. The Morgan fingerprint density at radius 3 is 2.68 bits per heavy atom. The highest BCUT2D eigenvalue weighted by Gasteiger charge is 2.20. The number of aromatic amines is 1. The molecule has 0 aliphatic carbocycles. The lowest BCUT2D eigenvalue weighted by Gasteiger charge is -2.09.